The Balaban J connectivity index is 2.18. The molecular formula is C18H20N2O2S. The molecule has 4 nitrogen and oxygen atoms in total. The molecule has 0 spiro atoms. The number of rotatable bonds is 6. The van der Waals surface area contributed by atoms with Crippen molar-refractivity contribution in [2.45, 2.75) is 18.7 Å². The maximum Gasteiger partial charge on any atom is 0.276 e. The number of hydrogen-bond acceptors (Lipinski definition) is 3. The fourth-order valence-electron chi connectivity index (χ4n) is 1.87. The average Bonchev–Trinajstić information content (AvgIpc) is 2.56. The van der Waals surface area contributed by atoms with Gasteiger partial charge in [-0.3, -0.25) is 0 Å². The second kappa shape index (κ2) is 7.74. The van der Waals surface area contributed by atoms with Crippen molar-refractivity contribution in [1.82, 2.24) is 4.83 Å². The predicted octanol–water partition coefficient (Wildman–Crippen LogP) is 3.69. The number of sulfonamides is 1. The maximum absolute atomic E-state index is 12.2. The van der Waals surface area contributed by atoms with Gasteiger partial charge >= 0.3 is 0 Å². The molecule has 2 aromatic carbocycles. The highest BCUT2D eigenvalue weighted by molar-refractivity contribution is 7.89. The zero-order valence-electron chi connectivity index (χ0n) is 13.2. The van der Waals surface area contributed by atoms with E-state index in [9.17, 15) is 8.42 Å². The summed E-state index contributed by atoms with van der Waals surface area (Å²) in [6.45, 7) is 3.93. The van der Waals surface area contributed by atoms with E-state index in [2.05, 4.69) is 9.93 Å². The number of hydrogen-bond donors (Lipinski definition) is 1. The molecule has 0 aliphatic heterocycles. The van der Waals surface area contributed by atoms with Crippen LogP contribution in [0.2, 0.25) is 0 Å². The summed E-state index contributed by atoms with van der Waals surface area (Å²) in [7, 11) is -3.64. The zero-order chi connectivity index (χ0) is 16.7. The van der Waals surface area contributed by atoms with Crippen molar-refractivity contribution >= 4 is 21.8 Å². The highest BCUT2D eigenvalue weighted by atomic mass is 32.2. The smallest absolute Gasteiger partial charge is 0.200 e. The molecule has 5 heteroatoms. The standard InChI is InChI=1S/C18H20N2O2S/c1-15(2)18(14-13-16-9-5-3-6-10-16)19-20-23(21,22)17-11-7-4-8-12-17/h3-15,20H,1-2H3/b14-13+,19-18+. The SMILES string of the molecule is CC(C)C(/C=C/c1ccccc1)=N/NS(=O)(=O)c1ccccc1. The Kier molecular flexibility index (Phi) is 5.71. The van der Waals surface area contributed by atoms with Crippen LogP contribution in [0.25, 0.3) is 6.08 Å². The normalized spacial score (nSPS) is 12.7. The predicted molar refractivity (Wildman–Crippen MR) is 94.5 cm³/mol. The summed E-state index contributed by atoms with van der Waals surface area (Å²) >= 11 is 0. The Morgan fingerprint density at radius 1 is 1.00 bits per heavy atom. The molecular weight excluding hydrogens is 308 g/mol. The van der Waals surface area contributed by atoms with E-state index in [-0.39, 0.29) is 10.8 Å². The monoisotopic (exact) mass is 328 g/mol. The first kappa shape index (κ1) is 17.0. The summed E-state index contributed by atoms with van der Waals surface area (Å²) in [5, 5.41) is 4.08. The molecule has 2 aromatic rings. The quantitative estimate of drug-likeness (QED) is 0.649. The lowest BCUT2D eigenvalue weighted by atomic mass is 10.1. The molecule has 0 heterocycles. The molecule has 0 bridgehead atoms. The Labute approximate surface area is 137 Å². The molecule has 0 aliphatic carbocycles. The van der Waals surface area contributed by atoms with Crippen LogP contribution >= 0.6 is 0 Å². The van der Waals surface area contributed by atoms with Gasteiger partial charge in [0.25, 0.3) is 10.0 Å². The van der Waals surface area contributed by atoms with Crippen molar-refractivity contribution in [3.05, 3.63) is 72.3 Å². The number of hydrazone groups is 1. The van der Waals surface area contributed by atoms with Gasteiger partial charge in [-0.15, -0.1) is 0 Å². The van der Waals surface area contributed by atoms with Crippen LogP contribution in [0.1, 0.15) is 19.4 Å². The average molecular weight is 328 g/mol. The minimum atomic E-state index is -3.64. The fraction of sp³-hybridized carbons (Fsp3) is 0.167. The van der Waals surface area contributed by atoms with Gasteiger partial charge in [0.05, 0.1) is 10.6 Å². The first-order valence-corrected chi connectivity index (χ1v) is 8.85. The van der Waals surface area contributed by atoms with Crippen molar-refractivity contribution in [3.63, 3.8) is 0 Å². The van der Waals surface area contributed by atoms with Gasteiger partial charge in [0.2, 0.25) is 0 Å². The lowest BCUT2D eigenvalue weighted by Gasteiger charge is -2.08. The molecule has 23 heavy (non-hydrogen) atoms. The second-order valence-corrected chi connectivity index (χ2v) is 7.00. The van der Waals surface area contributed by atoms with Crippen LogP contribution in [-0.2, 0) is 10.0 Å². The molecule has 0 aromatic heterocycles. The number of allylic oxidation sites excluding steroid dienone is 1. The van der Waals surface area contributed by atoms with Gasteiger partial charge in [-0.05, 0) is 29.7 Å². The van der Waals surface area contributed by atoms with E-state index < -0.39 is 10.0 Å². The fourth-order valence-corrected chi connectivity index (χ4v) is 2.72. The van der Waals surface area contributed by atoms with Crippen LogP contribution in [0.5, 0.6) is 0 Å². The van der Waals surface area contributed by atoms with E-state index in [1.54, 1.807) is 18.2 Å². The summed E-state index contributed by atoms with van der Waals surface area (Å²) in [4.78, 5) is 2.50. The van der Waals surface area contributed by atoms with E-state index >= 15 is 0 Å². The summed E-state index contributed by atoms with van der Waals surface area (Å²) in [6, 6.07) is 18.0. The van der Waals surface area contributed by atoms with Crippen LogP contribution < -0.4 is 4.83 Å². The van der Waals surface area contributed by atoms with Crippen LogP contribution in [-0.4, -0.2) is 14.1 Å². The third kappa shape index (κ3) is 5.07. The minimum Gasteiger partial charge on any atom is -0.200 e. The maximum atomic E-state index is 12.2. The van der Waals surface area contributed by atoms with Gasteiger partial charge in [0.15, 0.2) is 0 Å². The Hall–Kier alpha value is -2.40. The van der Waals surface area contributed by atoms with Crippen molar-refractivity contribution in [3.8, 4) is 0 Å². The van der Waals surface area contributed by atoms with Gasteiger partial charge in [-0.25, -0.2) is 0 Å². The highest BCUT2D eigenvalue weighted by Crippen LogP contribution is 2.09. The molecule has 0 saturated carbocycles. The van der Waals surface area contributed by atoms with Gasteiger partial charge < -0.3 is 0 Å². The molecule has 0 amide bonds. The molecule has 2 rings (SSSR count). The highest BCUT2D eigenvalue weighted by Gasteiger charge is 2.12. The lowest BCUT2D eigenvalue weighted by molar-refractivity contribution is 0.584. The Bertz CT molecular complexity index is 780. The Morgan fingerprint density at radius 2 is 1.57 bits per heavy atom. The molecule has 0 fully saturated rings. The van der Waals surface area contributed by atoms with E-state index in [4.69, 9.17) is 0 Å². The van der Waals surface area contributed by atoms with Gasteiger partial charge in [-0.2, -0.15) is 18.4 Å². The van der Waals surface area contributed by atoms with E-state index in [1.807, 2.05) is 56.3 Å². The third-order valence-corrected chi connectivity index (χ3v) is 4.41. The summed E-state index contributed by atoms with van der Waals surface area (Å²) in [5.74, 6) is 0.0911. The second-order valence-electron chi connectivity index (χ2n) is 5.34. The van der Waals surface area contributed by atoms with E-state index in [0.29, 0.717) is 5.71 Å². The molecule has 0 saturated heterocycles. The molecule has 0 aliphatic rings. The topological polar surface area (TPSA) is 58.5 Å². The third-order valence-electron chi connectivity index (χ3n) is 3.19. The van der Waals surface area contributed by atoms with Crippen molar-refractivity contribution in [2.24, 2.45) is 11.0 Å². The summed E-state index contributed by atoms with van der Waals surface area (Å²) in [6.07, 6.45) is 3.74. The first-order valence-electron chi connectivity index (χ1n) is 7.36. The zero-order valence-corrected chi connectivity index (χ0v) is 14.0. The largest absolute Gasteiger partial charge is 0.276 e. The van der Waals surface area contributed by atoms with Crippen LogP contribution in [0.3, 0.4) is 0 Å². The number of nitrogens with one attached hydrogen (secondary N) is 1. The van der Waals surface area contributed by atoms with Crippen molar-refractivity contribution in [1.29, 1.82) is 0 Å². The lowest BCUT2D eigenvalue weighted by Crippen LogP contribution is -2.21. The molecule has 0 radical (unpaired) electrons. The van der Waals surface area contributed by atoms with Crippen LogP contribution in [0.15, 0.2) is 76.7 Å². The Morgan fingerprint density at radius 3 is 2.13 bits per heavy atom. The summed E-state index contributed by atoms with van der Waals surface area (Å²) < 4.78 is 24.4. The number of nitrogens with zero attached hydrogens (tertiary/aromatic N) is 1. The van der Waals surface area contributed by atoms with E-state index in [0.717, 1.165) is 5.56 Å². The molecule has 120 valence electrons. The number of benzene rings is 2. The van der Waals surface area contributed by atoms with Crippen molar-refractivity contribution < 1.29 is 8.42 Å². The molecule has 1 N–H and O–H groups in total. The van der Waals surface area contributed by atoms with Gasteiger partial charge in [-0.1, -0.05) is 68.5 Å². The van der Waals surface area contributed by atoms with Crippen LogP contribution in [0, 0.1) is 5.92 Å². The molecule has 0 atom stereocenters. The minimum absolute atomic E-state index is 0.0911. The first-order chi connectivity index (χ1) is 11.0. The van der Waals surface area contributed by atoms with Crippen molar-refractivity contribution in [2.75, 3.05) is 0 Å². The molecule has 0 unspecified atom stereocenters. The van der Waals surface area contributed by atoms with Crippen LogP contribution in [0.4, 0.5) is 0 Å². The van der Waals surface area contributed by atoms with E-state index in [1.165, 1.54) is 12.1 Å². The van der Waals surface area contributed by atoms with Gasteiger partial charge in [0.1, 0.15) is 0 Å². The summed E-state index contributed by atoms with van der Waals surface area (Å²) in [5.41, 5.74) is 1.69. The van der Waals surface area contributed by atoms with Gasteiger partial charge in [0, 0.05) is 0 Å².